The van der Waals surface area contributed by atoms with Gasteiger partial charge in [0.2, 0.25) is 0 Å². The zero-order valence-electron chi connectivity index (χ0n) is 9.65. The number of nitrogens with zero attached hydrogens (tertiary/aromatic N) is 1. The van der Waals surface area contributed by atoms with E-state index in [4.69, 9.17) is 0 Å². The van der Waals surface area contributed by atoms with E-state index in [1.807, 2.05) is 0 Å². The largest absolute Gasteiger partial charge is 0.309 e. The van der Waals surface area contributed by atoms with Gasteiger partial charge in [0.15, 0.2) is 0 Å². The summed E-state index contributed by atoms with van der Waals surface area (Å²) >= 11 is 0. The van der Waals surface area contributed by atoms with Crippen LogP contribution >= 0.6 is 124 Å². The molecule has 0 aliphatic carbocycles. The standard InChI is InChI=1S/C6H15N.10ClH/c1-4-5-6-7(2)3;;;;;;;;;;/h4-6H2,1-3H3;10*1H. The highest BCUT2D eigenvalue weighted by Gasteiger charge is 1.83. The van der Waals surface area contributed by atoms with Crippen LogP contribution in [0.4, 0.5) is 0 Å². The molecule has 0 heterocycles. The highest BCUT2D eigenvalue weighted by molar-refractivity contribution is 5.86. The summed E-state index contributed by atoms with van der Waals surface area (Å²) in [6.07, 6.45) is 2.63. The smallest absolute Gasteiger partial charge is 0.00249 e. The quantitative estimate of drug-likeness (QED) is 0.527. The molecule has 0 saturated heterocycles. The van der Waals surface area contributed by atoms with Crippen molar-refractivity contribution in [3.63, 3.8) is 0 Å². The highest BCUT2D eigenvalue weighted by Crippen LogP contribution is 1.86. The monoisotopic (exact) mass is 461 g/mol. The summed E-state index contributed by atoms with van der Waals surface area (Å²) in [4.78, 5) is 2.21. The molecular weight excluding hydrogens is 441 g/mol. The summed E-state index contributed by atoms with van der Waals surface area (Å²) < 4.78 is 0. The van der Waals surface area contributed by atoms with Crippen LogP contribution in [0.25, 0.3) is 0 Å². The van der Waals surface area contributed by atoms with E-state index in [0.717, 1.165) is 0 Å². The van der Waals surface area contributed by atoms with Crippen LogP contribution in [-0.2, 0) is 0 Å². The predicted molar refractivity (Wildman–Crippen MR) is 106 cm³/mol. The molecule has 0 aliphatic rings. The first kappa shape index (κ1) is 90.0. The third-order valence-corrected chi connectivity index (χ3v) is 0.959. The summed E-state index contributed by atoms with van der Waals surface area (Å²) in [5.41, 5.74) is 0. The maximum absolute atomic E-state index is 2.21. The second-order valence-corrected chi connectivity index (χ2v) is 2.16. The molecule has 124 valence electrons. The van der Waals surface area contributed by atoms with Crippen LogP contribution in [-0.4, -0.2) is 25.5 Å². The van der Waals surface area contributed by atoms with Crippen LogP contribution in [0, 0.1) is 0 Å². The number of unbranched alkanes of at least 4 members (excludes halogenated alkanes) is 1. The predicted octanol–water partition coefficient (Wildman–Crippen LogP) is 5.57. The summed E-state index contributed by atoms with van der Waals surface area (Å²) in [7, 11) is 4.21. The maximum atomic E-state index is 2.21. The van der Waals surface area contributed by atoms with Gasteiger partial charge in [-0.3, -0.25) is 0 Å². The third-order valence-electron chi connectivity index (χ3n) is 0.959. The molecule has 0 unspecified atom stereocenters. The third kappa shape index (κ3) is 114. The molecular formula is C6H25Cl10N. The lowest BCUT2D eigenvalue weighted by atomic mass is 10.3. The van der Waals surface area contributed by atoms with Crippen molar-refractivity contribution in [2.75, 3.05) is 20.6 Å². The molecule has 1 nitrogen and oxygen atoms in total. The van der Waals surface area contributed by atoms with Crippen LogP contribution in [0.2, 0.25) is 0 Å². The van der Waals surface area contributed by atoms with Crippen LogP contribution in [0.15, 0.2) is 0 Å². The van der Waals surface area contributed by atoms with Gasteiger partial charge in [-0.25, -0.2) is 0 Å². The van der Waals surface area contributed by atoms with Crippen molar-refractivity contribution < 1.29 is 0 Å². The second kappa shape index (κ2) is 76.6. The SMILES string of the molecule is CCCCN(C)C.Cl.Cl.Cl.Cl.Cl.Cl.Cl.Cl.Cl.Cl. The summed E-state index contributed by atoms with van der Waals surface area (Å²) in [5.74, 6) is 0. The molecule has 0 aromatic rings. The van der Waals surface area contributed by atoms with Gasteiger partial charge in [0.05, 0.1) is 0 Å². The zero-order chi connectivity index (χ0) is 5.70. The second-order valence-electron chi connectivity index (χ2n) is 2.16. The Balaban J connectivity index is -0.00000000400. The average molecular weight is 466 g/mol. The van der Waals surface area contributed by atoms with Crippen molar-refractivity contribution in [2.24, 2.45) is 0 Å². The molecule has 0 saturated carbocycles. The van der Waals surface area contributed by atoms with E-state index in [9.17, 15) is 0 Å². The fourth-order valence-corrected chi connectivity index (χ4v) is 0.474. The molecule has 0 aromatic heterocycles. The minimum absolute atomic E-state index is 0. The topological polar surface area (TPSA) is 3.24 Å². The lowest BCUT2D eigenvalue weighted by Crippen LogP contribution is -2.12. The number of hydrogen-bond donors (Lipinski definition) is 0. The number of rotatable bonds is 3. The molecule has 11 heteroatoms. The van der Waals surface area contributed by atoms with E-state index in [1.165, 1.54) is 19.4 Å². The molecule has 0 aromatic carbocycles. The van der Waals surface area contributed by atoms with Gasteiger partial charge in [0.1, 0.15) is 0 Å². The molecule has 0 amide bonds. The van der Waals surface area contributed by atoms with Crippen LogP contribution in [0.5, 0.6) is 0 Å². The van der Waals surface area contributed by atoms with Crippen molar-refractivity contribution in [3.05, 3.63) is 0 Å². The van der Waals surface area contributed by atoms with Crippen LogP contribution in [0.3, 0.4) is 0 Å². The Morgan fingerprint density at radius 3 is 0.882 bits per heavy atom. The lowest BCUT2D eigenvalue weighted by Gasteiger charge is -2.05. The van der Waals surface area contributed by atoms with Gasteiger partial charge < -0.3 is 4.90 Å². The minimum atomic E-state index is 0. The Hall–Kier alpha value is 2.86. The highest BCUT2D eigenvalue weighted by atomic mass is 35.5. The van der Waals surface area contributed by atoms with E-state index in [-0.39, 0.29) is 124 Å². The summed E-state index contributed by atoms with van der Waals surface area (Å²) in [6.45, 7) is 3.44. The van der Waals surface area contributed by atoms with Gasteiger partial charge in [-0.1, -0.05) is 13.3 Å². The zero-order valence-corrected chi connectivity index (χ0v) is 17.8. The van der Waals surface area contributed by atoms with E-state index in [1.54, 1.807) is 0 Å². The minimum Gasteiger partial charge on any atom is -0.309 e. The van der Waals surface area contributed by atoms with Gasteiger partial charge >= 0.3 is 0 Å². The fraction of sp³-hybridized carbons (Fsp3) is 1.00. The lowest BCUT2D eigenvalue weighted by molar-refractivity contribution is 0.398. The van der Waals surface area contributed by atoms with Crippen LogP contribution < -0.4 is 0 Å². The van der Waals surface area contributed by atoms with E-state index in [0.29, 0.717) is 0 Å². The fourth-order valence-electron chi connectivity index (χ4n) is 0.474. The molecule has 0 fully saturated rings. The van der Waals surface area contributed by atoms with Crippen molar-refractivity contribution in [1.29, 1.82) is 0 Å². The maximum Gasteiger partial charge on any atom is -0.00249 e. The molecule has 0 N–H and O–H groups in total. The average Bonchev–Trinajstić information content (AvgIpc) is 1.61. The Morgan fingerprint density at radius 2 is 0.824 bits per heavy atom. The first-order valence-corrected chi connectivity index (χ1v) is 2.92. The van der Waals surface area contributed by atoms with Crippen LogP contribution in [0.1, 0.15) is 19.8 Å². The Morgan fingerprint density at radius 1 is 0.588 bits per heavy atom. The molecule has 0 aliphatic heterocycles. The normalized spacial score (nSPS) is 4.24. The molecule has 0 atom stereocenters. The molecule has 0 spiro atoms. The Bertz CT molecular complexity index is 49.8. The Kier molecular flexibility index (Phi) is 406. The molecule has 0 rings (SSSR count). The van der Waals surface area contributed by atoms with Gasteiger partial charge in [0.25, 0.3) is 0 Å². The first-order chi connectivity index (χ1) is 3.27. The molecule has 17 heavy (non-hydrogen) atoms. The van der Waals surface area contributed by atoms with E-state index >= 15 is 0 Å². The van der Waals surface area contributed by atoms with Gasteiger partial charge in [-0.05, 0) is 27.1 Å². The van der Waals surface area contributed by atoms with E-state index in [2.05, 4.69) is 25.9 Å². The summed E-state index contributed by atoms with van der Waals surface area (Å²) in [5, 5.41) is 0. The Labute approximate surface area is 168 Å². The molecule has 0 bridgehead atoms. The van der Waals surface area contributed by atoms with Gasteiger partial charge in [-0.2, -0.15) is 0 Å². The number of hydrogen-bond acceptors (Lipinski definition) is 1. The summed E-state index contributed by atoms with van der Waals surface area (Å²) in [6, 6.07) is 0. The van der Waals surface area contributed by atoms with Crippen molar-refractivity contribution >= 4 is 124 Å². The number of halogens is 10. The van der Waals surface area contributed by atoms with Gasteiger partial charge in [0, 0.05) is 0 Å². The van der Waals surface area contributed by atoms with E-state index < -0.39 is 0 Å². The van der Waals surface area contributed by atoms with Crippen molar-refractivity contribution in [3.8, 4) is 0 Å². The van der Waals surface area contributed by atoms with Crippen molar-refractivity contribution in [1.82, 2.24) is 4.90 Å². The first-order valence-electron chi connectivity index (χ1n) is 2.92. The molecule has 0 radical (unpaired) electrons. The van der Waals surface area contributed by atoms with Crippen molar-refractivity contribution in [2.45, 2.75) is 19.8 Å². The van der Waals surface area contributed by atoms with Gasteiger partial charge in [-0.15, -0.1) is 124 Å².